The van der Waals surface area contributed by atoms with Crippen LogP contribution in [-0.2, 0) is 0 Å². The lowest BCUT2D eigenvalue weighted by Gasteiger charge is -2.01. The minimum Gasteiger partial charge on any atom is -0.494 e. The van der Waals surface area contributed by atoms with Gasteiger partial charge in [-0.1, -0.05) is 31.2 Å². The molecule has 1 rings (SSSR count). The zero-order valence-electron chi connectivity index (χ0n) is 8.29. The van der Waals surface area contributed by atoms with E-state index in [9.17, 15) is 0 Å². The summed E-state index contributed by atoms with van der Waals surface area (Å²) in [6, 6.07) is 8.13. The molecule has 0 aliphatic rings. The summed E-state index contributed by atoms with van der Waals surface area (Å²) >= 11 is 0. The fourth-order valence-electron chi connectivity index (χ4n) is 1.10. The Hall–Kier alpha value is -1.24. The van der Waals surface area contributed by atoms with Crippen molar-refractivity contribution in [1.82, 2.24) is 0 Å². The topological polar surface area (TPSA) is 9.23 Å². The number of hydrogen-bond acceptors (Lipinski definition) is 1. The lowest BCUT2D eigenvalue weighted by Crippen LogP contribution is -1.90. The van der Waals surface area contributed by atoms with Crippen molar-refractivity contribution >= 4 is 6.08 Å². The molecule has 1 aromatic rings. The van der Waals surface area contributed by atoms with E-state index < -0.39 is 0 Å². The van der Waals surface area contributed by atoms with Crippen molar-refractivity contribution in [2.45, 2.75) is 20.3 Å². The van der Waals surface area contributed by atoms with Crippen LogP contribution in [-0.4, -0.2) is 6.61 Å². The van der Waals surface area contributed by atoms with Gasteiger partial charge in [0.15, 0.2) is 0 Å². The fraction of sp³-hybridized carbons (Fsp3) is 0.333. The van der Waals surface area contributed by atoms with Crippen LogP contribution in [0.15, 0.2) is 30.3 Å². The summed E-state index contributed by atoms with van der Waals surface area (Å²) in [5.41, 5.74) is 1.23. The normalized spacial score (nSPS) is 10.6. The summed E-state index contributed by atoms with van der Waals surface area (Å²) in [5.74, 6) is 0.941. The molecule has 70 valence electrons. The highest BCUT2D eigenvalue weighted by molar-refractivity contribution is 5.50. The van der Waals surface area contributed by atoms with Gasteiger partial charge in [-0.25, -0.2) is 0 Å². The van der Waals surface area contributed by atoms with Crippen molar-refractivity contribution in [2.75, 3.05) is 6.61 Å². The monoisotopic (exact) mass is 176 g/mol. The van der Waals surface area contributed by atoms with Crippen molar-refractivity contribution in [3.8, 4) is 5.75 Å². The van der Waals surface area contributed by atoms with Crippen molar-refractivity contribution in [3.63, 3.8) is 0 Å². The third kappa shape index (κ3) is 3.32. The highest BCUT2D eigenvalue weighted by Gasteiger charge is 1.90. The maximum atomic E-state index is 5.34. The number of rotatable bonds is 4. The molecule has 0 saturated carbocycles. The molecule has 1 aromatic carbocycles. The largest absolute Gasteiger partial charge is 0.494 e. The van der Waals surface area contributed by atoms with E-state index in [1.165, 1.54) is 5.56 Å². The summed E-state index contributed by atoms with van der Waals surface area (Å²) in [7, 11) is 0. The molecule has 1 nitrogen and oxygen atoms in total. The van der Waals surface area contributed by atoms with Crippen LogP contribution in [0.1, 0.15) is 25.8 Å². The van der Waals surface area contributed by atoms with Gasteiger partial charge < -0.3 is 4.74 Å². The molecule has 0 spiro atoms. The van der Waals surface area contributed by atoms with Crippen molar-refractivity contribution in [2.24, 2.45) is 0 Å². The van der Waals surface area contributed by atoms with Gasteiger partial charge >= 0.3 is 0 Å². The van der Waals surface area contributed by atoms with Gasteiger partial charge in [-0.2, -0.15) is 0 Å². The highest BCUT2D eigenvalue weighted by Crippen LogP contribution is 2.12. The molecule has 0 amide bonds. The average molecular weight is 176 g/mol. The lowest BCUT2D eigenvalue weighted by molar-refractivity contribution is 0.340. The summed E-state index contributed by atoms with van der Waals surface area (Å²) in [6.45, 7) is 4.85. The smallest absolute Gasteiger partial charge is 0.119 e. The summed E-state index contributed by atoms with van der Waals surface area (Å²) in [4.78, 5) is 0. The summed E-state index contributed by atoms with van der Waals surface area (Å²) < 4.78 is 5.34. The zero-order valence-corrected chi connectivity index (χ0v) is 8.29. The van der Waals surface area contributed by atoms with E-state index in [0.29, 0.717) is 0 Å². The predicted octanol–water partition coefficient (Wildman–Crippen LogP) is 3.51. The van der Waals surface area contributed by atoms with Crippen molar-refractivity contribution in [3.05, 3.63) is 35.9 Å². The molecule has 0 atom stereocenters. The Bertz CT molecular complexity index is 259. The number of ether oxygens (including phenoxy) is 1. The lowest BCUT2D eigenvalue weighted by atomic mass is 10.2. The molecular weight excluding hydrogens is 160 g/mol. The zero-order chi connectivity index (χ0) is 9.52. The maximum absolute atomic E-state index is 5.34. The van der Waals surface area contributed by atoms with Crippen LogP contribution in [0.3, 0.4) is 0 Å². The summed E-state index contributed by atoms with van der Waals surface area (Å²) in [6.07, 6.45) is 5.35. The predicted molar refractivity (Wildman–Crippen MR) is 56.9 cm³/mol. The molecule has 0 unspecified atom stereocenters. The van der Waals surface area contributed by atoms with Gasteiger partial charge in [0.25, 0.3) is 0 Å². The average Bonchev–Trinajstić information content (AvgIpc) is 2.17. The molecule has 0 fully saturated rings. The van der Waals surface area contributed by atoms with E-state index in [1.807, 2.05) is 19.1 Å². The maximum Gasteiger partial charge on any atom is 0.119 e. The minimum atomic E-state index is 0.726. The quantitative estimate of drug-likeness (QED) is 0.682. The Kier molecular flexibility index (Phi) is 4.10. The van der Waals surface area contributed by atoms with Crippen LogP contribution >= 0.6 is 0 Å². The number of allylic oxidation sites excluding steroid dienone is 1. The molecular formula is C12H16O. The first-order valence-corrected chi connectivity index (χ1v) is 4.76. The van der Waals surface area contributed by atoms with E-state index in [0.717, 1.165) is 18.8 Å². The van der Waals surface area contributed by atoms with E-state index >= 15 is 0 Å². The van der Waals surface area contributed by atoms with Gasteiger partial charge in [-0.05, 0) is 31.0 Å². The number of hydrogen-bond donors (Lipinski definition) is 0. The Balaban J connectivity index is 2.64. The Morgan fingerprint density at radius 3 is 2.38 bits per heavy atom. The Labute approximate surface area is 80.0 Å². The molecule has 0 aromatic heterocycles. The molecule has 0 aliphatic heterocycles. The first-order chi connectivity index (χ1) is 6.36. The summed E-state index contributed by atoms with van der Waals surface area (Å²) in [5, 5.41) is 0. The molecule has 1 heteroatoms. The van der Waals surface area contributed by atoms with E-state index in [4.69, 9.17) is 4.74 Å². The molecule has 0 N–H and O–H groups in total. The second kappa shape index (κ2) is 5.41. The van der Waals surface area contributed by atoms with Gasteiger partial charge in [0.2, 0.25) is 0 Å². The second-order valence-corrected chi connectivity index (χ2v) is 2.81. The van der Waals surface area contributed by atoms with Gasteiger partial charge in [0.05, 0.1) is 6.61 Å². The second-order valence-electron chi connectivity index (χ2n) is 2.81. The van der Waals surface area contributed by atoms with Crippen LogP contribution < -0.4 is 4.74 Å². The number of benzene rings is 1. The third-order valence-corrected chi connectivity index (χ3v) is 1.74. The van der Waals surface area contributed by atoms with Gasteiger partial charge in [0.1, 0.15) is 5.75 Å². The van der Waals surface area contributed by atoms with Gasteiger partial charge in [-0.3, -0.25) is 0 Å². The van der Waals surface area contributed by atoms with Gasteiger partial charge in [0, 0.05) is 0 Å². The molecule has 0 saturated heterocycles. The standard InChI is InChI=1S/C12H16O/c1-3-5-6-11-7-9-12(10-8-11)13-4-2/h5-10H,3-4H2,1-2H3/b6-5+. The molecule has 13 heavy (non-hydrogen) atoms. The van der Waals surface area contributed by atoms with Crippen molar-refractivity contribution < 1.29 is 4.74 Å². The van der Waals surface area contributed by atoms with Gasteiger partial charge in [-0.15, -0.1) is 0 Å². The van der Waals surface area contributed by atoms with Crippen LogP contribution in [0.5, 0.6) is 5.75 Å². The van der Waals surface area contributed by atoms with Crippen LogP contribution in [0, 0.1) is 0 Å². The third-order valence-electron chi connectivity index (χ3n) is 1.74. The molecule has 0 bridgehead atoms. The van der Waals surface area contributed by atoms with E-state index in [-0.39, 0.29) is 0 Å². The SMILES string of the molecule is CC/C=C/c1ccc(OCC)cc1. The minimum absolute atomic E-state index is 0.726. The Morgan fingerprint density at radius 2 is 1.85 bits per heavy atom. The van der Waals surface area contributed by atoms with Crippen LogP contribution in [0.2, 0.25) is 0 Å². The highest BCUT2D eigenvalue weighted by atomic mass is 16.5. The first kappa shape index (κ1) is 9.85. The van der Waals surface area contributed by atoms with Crippen molar-refractivity contribution in [1.29, 1.82) is 0 Å². The van der Waals surface area contributed by atoms with Crippen LogP contribution in [0.4, 0.5) is 0 Å². The van der Waals surface area contributed by atoms with E-state index in [2.05, 4.69) is 31.2 Å². The Morgan fingerprint density at radius 1 is 1.15 bits per heavy atom. The fourth-order valence-corrected chi connectivity index (χ4v) is 1.10. The van der Waals surface area contributed by atoms with Crippen LogP contribution in [0.25, 0.3) is 6.08 Å². The molecule has 0 aliphatic carbocycles. The van der Waals surface area contributed by atoms with E-state index in [1.54, 1.807) is 0 Å². The first-order valence-electron chi connectivity index (χ1n) is 4.76. The molecule has 0 heterocycles. The molecule has 0 radical (unpaired) electrons.